The Hall–Kier alpha value is -2.50. The van der Waals surface area contributed by atoms with Crippen LogP contribution in [0.5, 0.6) is 0 Å². The number of hydrogen-bond acceptors (Lipinski definition) is 3. The molecule has 5 nitrogen and oxygen atoms in total. The van der Waals surface area contributed by atoms with Gasteiger partial charge in [-0.15, -0.1) is 0 Å². The second kappa shape index (κ2) is 7.49. The second-order valence-electron chi connectivity index (χ2n) is 5.38. The van der Waals surface area contributed by atoms with Crippen LogP contribution in [0, 0.1) is 11.7 Å². The topological polar surface area (TPSA) is 58.1 Å². The third-order valence-electron chi connectivity index (χ3n) is 2.97. The zero-order chi connectivity index (χ0) is 15.9. The molecule has 0 bridgehead atoms. The normalized spacial score (nSPS) is 10.5. The molecule has 0 saturated heterocycles. The number of carbonyl (C=O) groups excluding carboxylic acids is 1. The van der Waals surface area contributed by atoms with Crippen LogP contribution in [0.2, 0.25) is 0 Å². The van der Waals surface area contributed by atoms with Crippen molar-refractivity contribution in [2.45, 2.75) is 20.4 Å². The minimum Gasteiger partial charge on any atom is -0.318 e. The number of amides is 2. The fraction of sp³-hybridized carbons (Fsp3) is 0.312. The van der Waals surface area contributed by atoms with Gasteiger partial charge in [-0.05, 0) is 24.1 Å². The molecule has 2 rings (SSSR count). The Labute approximate surface area is 129 Å². The van der Waals surface area contributed by atoms with Gasteiger partial charge in [0.15, 0.2) is 5.82 Å². The standard InChI is InChI=1S/C16H19FN4O/c1-12(2)10-21(11-13-5-3-4-7-19-13)16(22)20-15-6-8-18-9-14(15)17/h3-9,12H,10-11H2,1-2H3,(H,18,20,22). The van der Waals surface area contributed by atoms with Crippen molar-refractivity contribution in [2.24, 2.45) is 5.92 Å². The monoisotopic (exact) mass is 302 g/mol. The van der Waals surface area contributed by atoms with Crippen LogP contribution in [0.4, 0.5) is 14.9 Å². The first-order valence-corrected chi connectivity index (χ1v) is 7.11. The van der Waals surface area contributed by atoms with E-state index in [1.54, 1.807) is 11.1 Å². The van der Waals surface area contributed by atoms with Crippen molar-refractivity contribution in [1.29, 1.82) is 0 Å². The summed E-state index contributed by atoms with van der Waals surface area (Å²) in [6.45, 7) is 4.96. The minimum absolute atomic E-state index is 0.120. The molecule has 2 amide bonds. The van der Waals surface area contributed by atoms with Gasteiger partial charge in [0.25, 0.3) is 0 Å². The van der Waals surface area contributed by atoms with Crippen LogP contribution in [-0.2, 0) is 6.54 Å². The molecule has 2 heterocycles. The van der Waals surface area contributed by atoms with Crippen molar-refractivity contribution >= 4 is 11.7 Å². The molecule has 6 heteroatoms. The summed E-state index contributed by atoms with van der Waals surface area (Å²) < 4.78 is 13.6. The molecule has 2 aromatic heterocycles. The molecule has 0 fully saturated rings. The molecular formula is C16H19FN4O. The largest absolute Gasteiger partial charge is 0.322 e. The number of hydrogen-bond donors (Lipinski definition) is 1. The average Bonchev–Trinajstić information content (AvgIpc) is 2.49. The zero-order valence-corrected chi connectivity index (χ0v) is 12.7. The number of rotatable bonds is 5. The number of nitrogens with one attached hydrogen (secondary N) is 1. The van der Waals surface area contributed by atoms with Crippen LogP contribution in [0.15, 0.2) is 42.9 Å². The Morgan fingerprint density at radius 1 is 1.32 bits per heavy atom. The van der Waals surface area contributed by atoms with Gasteiger partial charge in [0.05, 0.1) is 24.1 Å². The summed E-state index contributed by atoms with van der Waals surface area (Å²) in [6, 6.07) is 6.62. The molecule has 116 valence electrons. The van der Waals surface area contributed by atoms with E-state index in [0.29, 0.717) is 13.1 Å². The highest BCUT2D eigenvalue weighted by Crippen LogP contribution is 2.13. The lowest BCUT2D eigenvalue weighted by Gasteiger charge is -2.24. The summed E-state index contributed by atoms with van der Waals surface area (Å²) >= 11 is 0. The Morgan fingerprint density at radius 3 is 2.77 bits per heavy atom. The van der Waals surface area contributed by atoms with Crippen molar-refractivity contribution in [1.82, 2.24) is 14.9 Å². The van der Waals surface area contributed by atoms with Crippen LogP contribution in [-0.4, -0.2) is 27.4 Å². The summed E-state index contributed by atoms with van der Waals surface area (Å²) in [4.78, 5) is 21.9. The smallest absolute Gasteiger partial charge is 0.318 e. The first-order valence-electron chi connectivity index (χ1n) is 7.11. The maximum atomic E-state index is 13.6. The van der Waals surface area contributed by atoms with E-state index in [-0.39, 0.29) is 17.6 Å². The van der Waals surface area contributed by atoms with E-state index < -0.39 is 5.82 Å². The Bertz CT molecular complexity index is 619. The molecule has 1 N–H and O–H groups in total. The molecule has 22 heavy (non-hydrogen) atoms. The summed E-state index contributed by atoms with van der Waals surface area (Å²) in [5.74, 6) is -0.269. The van der Waals surface area contributed by atoms with Crippen LogP contribution < -0.4 is 5.32 Å². The molecule has 0 unspecified atom stereocenters. The van der Waals surface area contributed by atoms with Gasteiger partial charge in [0, 0.05) is 18.9 Å². The van der Waals surface area contributed by atoms with Crippen molar-refractivity contribution < 1.29 is 9.18 Å². The molecule has 0 aromatic carbocycles. The van der Waals surface area contributed by atoms with E-state index in [4.69, 9.17) is 0 Å². The van der Waals surface area contributed by atoms with Crippen LogP contribution in [0.1, 0.15) is 19.5 Å². The zero-order valence-electron chi connectivity index (χ0n) is 12.7. The Kier molecular flexibility index (Phi) is 5.41. The first kappa shape index (κ1) is 15.9. The second-order valence-corrected chi connectivity index (χ2v) is 5.38. The van der Waals surface area contributed by atoms with Crippen LogP contribution in [0.3, 0.4) is 0 Å². The SMILES string of the molecule is CC(C)CN(Cc1ccccn1)C(=O)Nc1ccncc1F. The maximum absolute atomic E-state index is 13.6. The lowest BCUT2D eigenvalue weighted by atomic mass is 10.2. The van der Waals surface area contributed by atoms with Gasteiger partial charge < -0.3 is 10.2 Å². The van der Waals surface area contributed by atoms with Gasteiger partial charge in [-0.3, -0.25) is 9.97 Å². The number of anilines is 1. The average molecular weight is 302 g/mol. The van der Waals surface area contributed by atoms with E-state index in [9.17, 15) is 9.18 Å². The van der Waals surface area contributed by atoms with Gasteiger partial charge in [0.2, 0.25) is 0 Å². The lowest BCUT2D eigenvalue weighted by Crippen LogP contribution is -2.37. The number of nitrogens with zero attached hydrogens (tertiary/aromatic N) is 3. The highest BCUT2D eigenvalue weighted by molar-refractivity contribution is 5.89. The first-order chi connectivity index (χ1) is 10.6. The highest BCUT2D eigenvalue weighted by Gasteiger charge is 2.17. The summed E-state index contributed by atoms with van der Waals surface area (Å²) in [5, 5.41) is 2.58. The predicted octanol–water partition coefficient (Wildman–Crippen LogP) is 3.31. The number of pyridine rings is 2. The quantitative estimate of drug-likeness (QED) is 0.922. The van der Waals surface area contributed by atoms with E-state index in [1.807, 2.05) is 32.0 Å². The van der Waals surface area contributed by atoms with E-state index in [2.05, 4.69) is 15.3 Å². The van der Waals surface area contributed by atoms with E-state index >= 15 is 0 Å². The lowest BCUT2D eigenvalue weighted by molar-refractivity contribution is 0.201. The number of halogens is 1. The summed E-state index contributed by atoms with van der Waals surface area (Å²) in [6.07, 6.45) is 4.19. The fourth-order valence-electron chi connectivity index (χ4n) is 2.02. The minimum atomic E-state index is -0.557. The van der Waals surface area contributed by atoms with Crippen LogP contribution in [0.25, 0.3) is 0 Å². The maximum Gasteiger partial charge on any atom is 0.322 e. The van der Waals surface area contributed by atoms with Gasteiger partial charge in [0.1, 0.15) is 0 Å². The van der Waals surface area contributed by atoms with E-state index in [1.165, 1.54) is 12.3 Å². The molecule has 0 atom stereocenters. The predicted molar refractivity (Wildman–Crippen MR) is 82.7 cm³/mol. The molecule has 2 aromatic rings. The molecule has 0 aliphatic rings. The molecule has 0 saturated carbocycles. The van der Waals surface area contributed by atoms with Gasteiger partial charge >= 0.3 is 6.03 Å². The Balaban J connectivity index is 2.11. The number of carbonyl (C=O) groups is 1. The van der Waals surface area contributed by atoms with Gasteiger partial charge in [-0.25, -0.2) is 9.18 Å². The number of aromatic nitrogens is 2. The fourth-order valence-corrected chi connectivity index (χ4v) is 2.02. The molecule has 0 aliphatic carbocycles. The molecule has 0 aliphatic heterocycles. The molecular weight excluding hydrogens is 283 g/mol. The van der Waals surface area contributed by atoms with Crippen molar-refractivity contribution in [2.75, 3.05) is 11.9 Å². The van der Waals surface area contributed by atoms with Crippen molar-refractivity contribution in [3.8, 4) is 0 Å². The molecule has 0 spiro atoms. The Morgan fingerprint density at radius 2 is 2.14 bits per heavy atom. The third-order valence-corrected chi connectivity index (χ3v) is 2.97. The summed E-state index contributed by atoms with van der Waals surface area (Å²) in [7, 11) is 0. The summed E-state index contributed by atoms with van der Waals surface area (Å²) in [5.41, 5.74) is 0.906. The van der Waals surface area contributed by atoms with Crippen LogP contribution >= 0.6 is 0 Å². The number of urea groups is 1. The van der Waals surface area contributed by atoms with Gasteiger partial charge in [-0.2, -0.15) is 0 Å². The third kappa shape index (κ3) is 4.51. The van der Waals surface area contributed by atoms with Gasteiger partial charge in [-0.1, -0.05) is 19.9 Å². The van der Waals surface area contributed by atoms with Crippen molar-refractivity contribution in [3.63, 3.8) is 0 Å². The molecule has 0 radical (unpaired) electrons. The van der Waals surface area contributed by atoms with Crippen molar-refractivity contribution in [3.05, 3.63) is 54.4 Å². The highest BCUT2D eigenvalue weighted by atomic mass is 19.1. The van der Waals surface area contributed by atoms with E-state index in [0.717, 1.165) is 11.9 Å².